The van der Waals surface area contributed by atoms with Gasteiger partial charge in [0.05, 0.1) is 19.4 Å². The highest BCUT2D eigenvalue weighted by atomic mass is 16.6. The summed E-state index contributed by atoms with van der Waals surface area (Å²) >= 11 is 0. The molecule has 1 heterocycles. The Balaban J connectivity index is 1.55. The quantitative estimate of drug-likeness (QED) is 0.188. The number of ether oxygens (including phenoxy) is 2. The van der Waals surface area contributed by atoms with Crippen LogP contribution in [0.4, 0.5) is 11.4 Å². The third-order valence-electron chi connectivity index (χ3n) is 6.51. The summed E-state index contributed by atoms with van der Waals surface area (Å²) < 4.78 is 10.4. The number of hydrogen-bond acceptors (Lipinski definition) is 8. The second-order valence-electron chi connectivity index (χ2n) is 9.15. The van der Waals surface area contributed by atoms with Crippen molar-refractivity contribution in [3.05, 3.63) is 107 Å². The zero-order valence-corrected chi connectivity index (χ0v) is 22.5. The van der Waals surface area contributed by atoms with Crippen molar-refractivity contribution in [2.75, 3.05) is 32.3 Å². The summed E-state index contributed by atoms with van der Waals surface area (Å²) in [6.45, 7) is 1.22. The standard InChI is InChI=1S/C30H32N4O6/c1-38-18-6-15-33-16-17-34(28(30(33)36)19-22-9-12-25(39-2)13-10-22)27-14-11-24(20-26(27)31-37)29(35)32-40-21-23-7-4-3-5-8-23/h3-5,7-14,16-17,20,28H,6,15,18-19,21H2,1-2H3,(H,32,35)/t28-/m0/s1. The molecule has 4 rings (SSSR count). The van der Waals surface area contributed by atoms with Crippen LogP contribution in [0.25, 0.3) is 0 Å². The molecule has 1 N–H and O–H groups in total. The molecule has 10 nitrogen and oxygen atoms in total. The van der Waals surface area contributed by atoms with Crippen LogP contribution >= 0.6 is 0 Å². The van der Waals surface area contributed by atoms with E-state index in [1.54, 1.807) is 48.6 Å². The average Bonchev–Trinajstić information content (AvgIpc) is 2.99. The van der Waals surface area contributed by atoms with Gasteiger partial charge in [-0.3, -0.25) is 14.4 Å². The molecule has 1 atom stereocenters. The molecule has 10 heteroatoms. The normalized spacial score (nSPS) is 14.8. The molecule has 3 aromatic rings. The number of amides is 2. The molecule has 2 amide bonds. The predicted molar refractivity (Wildman–Crippen MR) is 151 cm³/mol. The molecule has 0 radical (unpaired) electrons. The summed E-state index contributed by atoms with van der Waals surface area (Å²) in [7, 11) is 3.22. The third-order valence-corrected chi connectivity index (χ3v) is 6.51. The minimum Gasteiger partial charge on any atom is -0.497 e. The molecule has 0 spiro atoms. The number of nitroso groups, excluding NO2 is 1. The van der Waals surface area contributed by atoms with Gasteiger partial charge in [0, 0.05) is 44.6 Å². The molecule has 0 bridgehead atoms. The number of methoxy groups -OCH3 is 2. The van der Waals surface area contributed by atoms with Crippen LogP contribution in [-0.2, 0) is 27.4 Å². The highest BCUT2D eigenvalue weighted by Crippen LogP contribution is 2.34. The van der Waals surface area contributed by atoms with Crippen molar-refractivity contribution >= 4 is 23.2 Å². The number of rotatable bonds is 13. The third kappa shape index (κ3) is 7.10. The van der Waals surface area contributed by atoms with E-state index in [0.717, 1.165) is 11.1 Å². The van der Waals surface area contributed by atoms with Crippen molar-refractivity contribution < 1.29 is 23.9 Å². The maximum atomic E-state index is 13.6. The number of hydrogen-bond donors (Lipinski definition) is 1. The monoisotopic (exact) mass is 544 g/mol. The number of carbonyl (C=O) groups excluding carboxylic acids is 2. The lowest BCUT2D eigenvalue weighted by Crippen LogP contribution is -2.50. The Morgan fingerprint density at radius 1 is 0.975 bits per heavy atom. The zero-order valence-electron chi connectivity index (χ0n) is 22.5. The highest BCUT2D eigenvalue weighted by Gasteiger charge is 2.33. The lowest BCUT2D eigenvalue weighted by atomic mass is 10.0. The largest absolute Gasteiger partial charge is 0.497 e. The van der Waals surface area contributed by atoms with E-state index < -0.39 is 11.9 Å². The number of nitrogens with one attached hydrogen (secondary N) is 1. The van der Waals surface area contributed by atoms with Gasteiger partial charge in [0.2, 0.25) is 5.91 Å². The first kappa shape index (κ1) is 28.5. The molecule has 3 aromatic carbocycles. The van der Waals surface area contributed by atoms with Gasteiger partial charge in [0.1, 0.15) is 17.5 Å². The fourth-order valence-electron chi connectivity index (χ4n) is 4.40. The molecule has 1 aliphatic heterocycles. The molecule has 208 valence electrons. The zero-order chi connectivity index (χ0) is 28.3. The van der Waals surface area contributed by atoms with Gasteiger partial charge in [-0.1, -0.05) is 42.5 Å². The van der Waals surface area contributed by atoms with Crippen molar-refractivity contribution in [1.82, 2.24) is 10.4 Å². The van der Waals surface area contributed by atoms with Gasteiger partial charge in [-0.2, -0.15) is 0 Å². The summed E-state index contributed by atoms with van der Waals surface area (Å²) in [5.74, 6) is 0.0739. The van der Waals surface area contributed by atoms with Crippen LogP contribution in [0, 0.1) is 4.91 Å². The Bertz CT molecular complexity index is 1330. The van der Waals surface area contributed by atoms with Crippen molar-refractivity contribution in [3.63, 3.8) is 0 Å². The molecular formula is C30H32N4O6. The maximum Gasteiger partial charge on any atom is 0.274 e. The van der Waals surface area contributed by atoms with E-state index in [9.17, 15) is 14.5 Å². The van der Waals surface area contributed by atoms with Crippen LogP contribution in [0.5, 0.6) is 5.75 Å². The number of benzene rings is 3. The van der Waals surface area contributed by atoms with Crippen molar-refractivity contribution in [1.29, 1.82) is 0 Å². The Labute approximate surface area is 233 Å². The number of nitrogens with zero attached hydrogens (tertiary/aromatic N) is 3. The summed E-state index contributed by atoms with van der Waals surface area (Å²) in [5.41, 5.74) is 4.85. The van der Waals surface area contributed by atoms with Crippen LogP contribution < -0.4 is 15.1 Å². The first-order valence-corrected chi connectivity index (χ1v) is 12.9. The lowest BCUT2D eigenvalue weighted by Gasteiger charge is -2.37. The maximum absolute atomic E-state index is 13.6. The van der Waals surface area contributed by atoms with Crippen LogP contribution in [0.2, 0.25) is 0 Å². The lowest BCUT2D eigenvalue weighted by molar-refractivity contribution is -0.130. The molecule has 0 saturated carbocycles. The minimum atomic E-state index is -0.643. The fourth-order valence-corrected chi connectivity index (χ4v) is 4.40. The predicted octanol–water partition coefficient (Wildman–Crippen LogP) is 4.72. The van der Waals surface area contributed by atoms with E-state index in [0.29, 0.717) is 37.4 Å². The number of hydroxylamine groups is 1. The van der Waals surface area contributed by atoms with E-state index in [2.05, 4.69) is 10.7 Å². The number of anilines is 1. The van der Waals surface area contributed by atoms with Gasteiger partial charge in [-0.25, -0.2) is 5.48 Å². The molecule has 1 aliphatic rings. The topological polar surface area (TPSA) is 110 Å². The molecule has 0 aliphatic carbocycles. The van der Waals surface area contributed by atoms with E-state index in [1.165, 1.54) is 6.07 Å². The van der Waals surface area contributed by atoms with E-state index in [1.807, 2.05) is 54.6 Å². The molecule has 40 heavy (non-hydrogen) atoms. The average molecular weight is 545 g/mol. The van der Waals surface area contributed by atoms with Gasteiger partial charge < -0.3 is 19.3 Å². The SMILES string of the molecule is COCCCN1C=CN(c2ccc(C(=O)NOCc3ccccc3)cc2N=O)[C@@H](Cc2ccc(OC)cc2)C1=O. The van der Waals surface area contributed by atoms with Gasteiger partial charge >= 0.3 is 0 Å². The number of carbonyl (C=O) groups is 2. The van der Waals surface area contributed by atoms with Crippen LogP contribution in [-0.4, -0.2) is 50.1 Å². The van der Waals surface area contributed by atoms with Gasteiger partial charge in [0.15, 0.2) is 0 Å². The first-order chi connectivity index (χ1) is 19.5. The van der Waals surface area contributed by atoms with E-state index in [-0.39, 0.29) is 23.8 Å². The molecule has 0 saturated heterocycles. The first-order valence-electron chi connectivity index (χ1n) is 12.9. The highest BCUT2D eigenvalue weighted by molar-refractivity contribution is 5.96. The van der Waals surface area contributed by atoms with Gasteiger partial charge in [0.25, 0.3) is 5.91 Å². The minimum absolute atomic E-state index is 0.0284. The van der Waals surface area contributed by atoms with Crippen molar-refractivity contribution in [2.24, 2.45) is 5.18 Å². The van der Waals surface area contributed by atoms with Gasteiger partial charge in [-0.05, 0) is 53.1 Å². The van der Waals surface area contributed by atoms with E-state index in [4.69, 9.17) is 14.3 Å². The van der Waals surface area contributed by atoms with Crippen LogP contribution in [0.15, 0.2) is 90.4 Å². The fraction of sp³-hybridized carbons (Fsp3) is 0.267. The molecule has 0 unspecified atom stereocenters. The molecule has 0 aromatic heterocycles. The Morgan fingerprint density at radius 3 is 2.45 bits per heavy atom. The van der Waals surface area contributed by atoms with Crippen LogP contribution in [0.1, 0.15) is 27.9 Å². The summed E-state index contributed by atoms with van der Waals surface area (Å²) in [5, 5.41) is 3.18. The summed E-state index contributed by atoms with van der Waals surface area (Å²) in [6, 6.07) is 20.8. The molecular weight excluding hydrogens is 512 g/mol. The van der Waals surface area contributed by atoms with Crippen molar-refractivity contribution in [3.8, 4) is 5.75 Å². The summed E-state index contributed by atoms with van der Waals surface area (Å²) in [4.78, 5) is 46.9. The Kier molecular flexibility index (Phi) is 9.98. The van der Waals surface area contributed by atoms with Crippen molar-refractivity contribution in [2.45, 2.75) is 25.5 Å². The van der Waals surface area contributed by atoms with Crippen LogP contribution in [0.3, 0.4) is 0 Å². The Morgan fingerprint density at radius 2 is 1.75 bits per heavy atom. The molecule has 0 fully saturated rings. The smallest absolute Gasteiger partial charge is 0.274 e. The van der Waals surface area contributed by atoms with E-state index >= 15 is 0 Å². The second-order valence-corrected chi connectivity index (χ2v) is 9.15. The second kappa shape index (κ2) is 14.0. The Hall–Kier alpha value is -4.54. The van der Waals surface area contributed by atoms with Gasteiger partial charge in [-0.15, -0.1) is 4.91 Å². The summed E-state index contributed by atoms with van der Waals surface area (Å²) in [6.07, 6.45) is 4.51.